The molecule has 1 aliphatic rings. The van der Waals surface area contributed by atoms with Crippen molar-refractivity contribution in [2.75, 3.05) is 19.8 Å². The van der Waals surface area contributed by atoms with Crippen molar-refractivity contribution in [3.05, 3.63) is 0 Å². The van der Waals surface area contributed by atoms with Gasteiger partial charge in [0.05, 0.1) is 19.3 Å². The zero-order chi connectivity index (χ0) is 8.81. The van der Waals surface area contributed by atoms with E-state index in [1.807, 2.05) is 0 Å². The average Bonchev–Trinajstić information content (AvgIpc) is 2.46. The highest BCUT2D eigenvalue weighted by Gasteiger charge is 2.24. The second kappa shape index (κ2) is 5.55. The van der Waals surface area contributed by atoms with Crippen LogP contribution in [0.3, 0.4) is 0 Å². The van der Waals surface area contributed by atoms with E-state index in [4.69, 9.17) is 9.47 Å². The first-order valence-corrected chi connectivity index (χ1v) is 5.04. The van der Waals surface area contributed by atoms with Crippen molar-refractivity contribution in [2.45, 2.75) is 39.2 Å². The Morgan fingerprint density at radius 1 is 1.33 bits per heavy atom. The van der Waals surface area contributed by atoms with Crippen LogP contribution in [0.2, 0.25) is 0 Å². The van der Waals surface area contributed by atoms with Gasteiger partial charge in [0.15, 0.2) is 0 Å². The molecule has 2 heteroatoms. The van der Waals surface area contributed by atoms with Crippen molar-refractivity contribution in [2.24, 2.45) is 5.92 Å². The summed E-state index contributed by atoms with van der Waals surface area (Å²) in [4.78, 5) is 0. The average molecular weight is 172 g/mol. The molecule has 0 saturated carbocycles. The summed E-state index contributed by atoms with van der Waals surface area (Å²) in [6.07, 6.45) is 4.10. The Morgan fingerprint density at radius 3 is 2.75 bits per heavy atom. The first kappa shape index (κ1) is 10.0. The van der Waals surface area contributed by atoms with Crippen LogP contribution in [0.4, 0.5) is 0 Å². The van der Waals surface area contributed by atoms with Gasteiger partial charge in [0.25, 0.3) is 0 Å². The molecule has 1 heterocycles. The summed E-state index contributed by atoms with van der Waals surface area (Å²) < 4.78 is 11.0. The van der Waals surface area contributed by atoms with E-state index in [1.54, 1.807) is 0 Å². The van der Waals surface area contributed by atoms with E-state index >= 15 is 0 Å². The van der Waals surface area contributed by atoms with Crippen LogP contribution >= 0.6 is 0 Å². The molecule has 1 aliphatic heterocycles. The third-order valence-electron chi connectivity index (χ3n) is 2.38. The second-order valence-corrected chi connectivity index (χ2v) is 3.63. The minimum absolute atomic E-state index is 0.363. The van der Waals surface area contributed by atoms with Crippen LogP contribution in [0.5, 0.6) is 0 Å². The lowest BCUT2D eigenvalue weighted by Gasteiger charge is -2.13. The van der Waals surface area contributed by atoms with Gasteiger partial charge in [0, 0.05) is 12.5 Å². The predicted molar refractivity (Wildman–Crippen MR) is 49.2 cm³/mol. The van der Waals surface area contributed by atoms with Crippen molar-refractivity contribution < 1.29 is 9.47 Å². The van der Waals surface area contributed by atoms with E-state index < -0.39 is 0 Å². The molecule has 0 radical (unpaired) electrons. The van der Waals surface area contributed by atoms with Crippen LogP contribution in [-0.2, 0) is 9.47 Å². The molecular weight excluding hydrogens is 152 g/mol. The quantitative estimate of drug-likeness (QED) is 0.592. The number of ether oxygens (including phenoxy) is 2. The Bertz CT molecular complexity index is 114. The van der Waals surface area contributed by atoms with Gasteiger partial charge in [-0.2, -0.15) is 0 Å². The fourth-order valence-electron chi connectivity index (χ4n) is 1.44. The van der Waals surface area contributed by atoms with Crippen LogP contribution in [0.15, 0.2) is 0 Å². The maximum Gasteiger partial charge on any atom is 0.0855 e. The van der Waals surface area contributed by atoms with Crippen molar-refractivity contribution in [1.82, 2.24) is 0 Å². The molecule has 2 atom stereocenters. The van der Waals surface area contributed by atoms with Gasteiger partial charge >= 0.3 is 0 Å². The molecule has 0 aromatic rings. The standard InChI is InChI=1S/C10H20O2/c1-3-4-5-6-12-10-8-11-7-9(10)2/h9-10H,3-8H2,1-2H3. The third kappa shape index (κ3) is 3.11. The van der Waals surface area contributed by atoms with Crippen molar-refractivity contribution in [3.63, 3.8) is 0 Å². The fourth-order valence-corrected chi connectivity index (χ4v) is 1.44. The highest BCUT2D eigenvalue weighted by atomic mass is 16.5. The number of rotatable bonds is 5. The van der Waals surface area contributed by atoms with Gasteiger partial charge < -0.3 is 9.47 Å². The topological polar surface area (TPSA) is 18.5 Å². The molecular formula is C10H20O2. The highest BCUT2D eigenvalue weighted by Crippen LogP contribution is 2.16. The first-order chi connectivity index (χ1) is 5.84. The van der Waals surface area contributed by atoms with E-state index in [0.717, 1.165) is 19.8 Å². The molecule has 0 N–H and O–H groups in total. The van der Waals surface area contributed by atoms with Crippen LogP contribution in [-0.4, -0.2) is 25.9 Å². The SMILES string of the molecule is CCCCCOC1COCC1C. The van der Waals surface area contributed by atoms with E-state index in [-0.39, 0.29) is 0 Å². The fraction of sp³-hybridized carbons (Fsp3) is 1.00. The molecule has 2 unspecified atom stereocenters. The molecule has 0 bridgehead atoms. The van der Waals surface area contributed by atoms with Crippen molar-refractivity contribution in [3.8, 4) is 0 Å². The summed E-state index contributed by atoms with van der Waals surface area (Å²) in [6.45, 7) is 6.98. The van der Waals surface area contributed by atoms with Gasteiger partial charge in [0.1, 0.15) is 0 Å². The molecule has 0 amide bonds. The molecule has 1 fully saturated rings. The van der Waals surface area contributed by atoms with E-state index in [9.17, 15) is 0 Å². The number of hydrogen-bond donors (Lipinski definition) is 0. The first-order valence-electron chi connectivity index (χ1n) is 5.04. The maximum absolute atomic E-state index is 5.69. The summed E-state index contributed by atoms with van der Waals surface area (Å²) in [5, 5.41) is 0. The summed E-state index contributed by atoms with van der Waals surface area (Å²) in [5.41, 5.74) is 0. The summed E-state index contributed by atoms with van der Waals surface area (Å²) in [5.74, 6) is 0.589. The van der Waals surface area contributed by atoms with Crippen molar-refractivity contribution >= 4 is 0 Å². The van der Waals surface area contributed by atoms with Gasteiger partial charge in [-0.1, -0.05) is 26.7 Å². The van der Waals surface area contributed by atoms with Crippen LogP contribution < -0.4 is 0 Å². The van der Waals surface area contributed by atoms with Gasteiger partial charge in [-0.15, -0.1) is 0 Å². The molecule has 0 aromatic heterocycles. The monoisotopic (exact) mass is 172 g/mol. The molecule has 0 aromatic carbocycles. The lowest BCUT2D eigenvalue weighted by Crippen LogP contribution is -2.20. The summed E-state index contributed by atoms with van der Waals surface area (Å²) >= 11 is 0. The summed E-state index contributed by atoms with van der Waals surface area (Å²) in [6, 6.07) is 0. The number of unbranched alkanes of at least 4 members (excludes halogenated alkanes) is 2. The minimum atomic E-state index is 0.363. The van der Waals surface area contributed by atoms with Crippen molar-refractivity contribution in [1.29, 1.82) is 0 Å². The van der Waals surface area contributed by atoms with Crippen LogP contribution in [0, 0.1) is 5.92 Å². The maximum atomic E-state index is 5.69. The third-order valence-corrected chi connectivity index (χ3v) is 2.38. The van der Waals surface area contributed by atoms with Gasteiger partial charge in [0.2, 0.25) is 0 Å². The van der Waals surface area contributed by atoms with Gasteiger partial charge in [-0.3, -0.25) is 0 Å². The Labute approximate surface area is 75.2 Å². The summed E-state index contributed by atoms with van der Waals surface area (Å²) in [7, 11) is 0. The largest absolute Gasteiger partial charge is 0.378 e. The van der Waals surface area contributed by atoms with Gasteiger partial charge in [-0.05, 0) is 6.42 Å². The minimum Gasteiger partial charge on any atom is -0.378 e. The Hall–Kier alpha value is -0.0800. The molecule has 0 aliphatic carbocycles. The lowest BCUT2D eigenvalue weighted by molar-refractivity contribution is 0.0270. The zero-order valence-corrected chi connectivity index (χ0v) is 8.21. The normalized spacial score (nSPS) is 29.5. The predicted octanol–water partition coefficient (Wildman–Crippen LogP) is 2.23. The van der Waals surface area contributed by atoms with Crippen LogP contribution in [0.1, 0.15) is 33.1 Å². The Morgan fingerprint density at radius 2 is 2.17 bits per heavy atom. The molecule has 0 spiro atoms. The highest BCUT2D eigenvalue weighted by molar-refractivity contribution is 4.71. The molecule has 2 nitrogen and oxygen atoms in total. The van der Waals surface area contributed by atoms with E-state index in [2.05, 4.69) is 13.8 Å². The second-order valence-electron chi connectivity index (χ2n) is 3.63. The van der Waals surface area contributed by atoms with Crippen LogP contribution in [0.25, 0.3) is 0 Å². The van der Waals surface area contributed by atoms with E-state index in [0.29, 0.717) is 12.0 Å². The zero-order valence-electron chi connectivity index (χ0n) is 8.21. The van der Waals surface area contributed by atoms with Gasteiger partial charge in [-0.25, -0.2) is 0 Å². The number of hydrogen-bond acceptors (Lipinski definition) is 2. The Kier molecular flexibility index (Phi) is 4.62. The molecule has 12 heavy (non-hydrogen) atoms. The smallest absolute Gasteiger partial charge is 0.0855 e. The molecule has 1 rings (SSSR count). The molecule has 72 valence electrons. The van der Waals surface area contributed by atoms with E-state index in [1.165, 1.54) is 19.3 Å². The molecule has 1 saturated heterocycles. The Balaban J connectivity index is 1.98. The lowest BCUT2D eigenvalue weighted by atomic mass is 10.1.